The van der Waals surface area contributed by atoms with E-state index < -0.39 is 0 Å². The molecular weight excluding hydrogens is 362 g/mol. The summed E-state index contributed by atoms with van der Waals surface area (Å²) in [7, 11) is 0. The predicted octanol–water partition coefficient (Wildman–Crippen LogP) is 3.60. The van der Waals surface area contributed by atoms with E-state index >= 15 is 0 Å². The van der Waals surface area contributed by atoms with Crippen molar-refractivity contribution < 1.29 is 9.59 Å². The molecule has 0 bridgehead atoms. The maximum atomic E-state index is 12.7. The van der Waals surface area contributed by atoms with Gasteiger partial charge in [0, 0.05) is 22.2 Å². The fourth-order valence-corrected chi connectivity index (χ4v) is 4.42. The van der Waals surface area contributed by atoms with E-state index in [1.165, 1.54) is 0 Å². The van der Waals surface area contributed by atoms with Crippen LogP contribution in [0.3, 0.4) is 0 Å². The fraction of sp³-hybridized carbons (Fsp3) is 0.619. The SMILES string of the molecule is Cc1cc(Cl)cc(NC(=O)C2CC23CCN(CC(=O)NC(C)(C)C)CC3)c1. The second-order valence-corrected chi connectivity index (χ2v) is 9.64. The number of piperidine rings is 1. The van der Waals surface area contributed by atoms with Crippen molar-refractivity contribution >= 4 is 29.1 Å². The third kappa shape index (κ3) is 5.23. The molecule has 1 spiro atoms. The smallest absolute Gasteiger partial charge is 0.234 e. The first kappa shape index (κ1) is 20.2. The van der Waals surface area contributed by atoms with E-state index in [1.807, 2.05) is 39.8 Å². The molecule has 0 radical (unpaired) electrons. The number of halogens is 1. The summed E-state index contributed by atoms with van der Waals surface area (Å²) >= 11 is 6.08. The maximum absolute atomic E-state index is 12.7. The van der Waals surface area contributed by atoms with Crippen molar-refractivity contribution in [3.63, 3.8) is 0 Å². The van der Waals surface area contributed by atoms with Gasteiger partial charge in [0.25, 0.3) is 0 Å². The summed E-state index contributed by atoms with van der Waals surface area (Å²) in [5, 5.41) is 6.67. The van der Waals surface area contributed by atoms with Crippen LogP contribution in [0.15, 0.2) is 18.2 Å². The Morgan fingerprint density at radius 1 is 1.22 bits per heavy atom. The molecule has 2 fully saturated rings. The Kier molecular flexibility index (Phi) is 5.55. The highest BCUT2D eigenvalue weighted by Gasteiger charge is 2.58. The molecule has 1 unspecified atom stereocenters. The molecule has 1 aliphatic carbocycles. The summed E-state index contributed by atoms with van der Waals surface area (Å²) in [6.07, 6.45) is 2.89. The van der Waals surface area contributed by atoms with Gasteiger partial charge in [-0.2, -0.15) is 0 Å². The summed E-state index contributed by atoms with van der Waals surface area (Å²) in [6, 6.07) is 5.61. The van der Waals surface area contributed by atoms with Gasteiger partial charge < -0.3 is 10.6 Å². The van der Waals surface area contributed by atoms with Crippen LogP contribution in [0.5, 0.6) is 0 Å². The number of rotatable bonds is 4. The average molecular weight is 392 g/mol. The molecule has 5 nitrogen and oxygen atoms in total. The highest BCUT2D eigenvalue weighted by Crippen LogP contribution is 2.59. The number of anilines is 1. The van der Waals surface area contributed by atoms with E-state index in [-0.39, 0.29) is 28.7 Å². The third-order valence-electron chi connectivity index (χ3n) is 5.55. The molecule has 2 amide bonds. The van der Waals surface area contributed by atoms with Gasteiger partial charge in [-0.05, 0) is 89.2 Å². The van der Waals surface area contributed by atoms with Gasteiger partial charge in [0.2, 0.25) is 11.8 Å². The zero-order valence-corrected chi connectivity index (χ0v) is 17.4. The molecule has 1 aliphatic heterocycles. The van der Waals surface area contributed by atoms with Gasteiger partial charge >= 0.3 is 0 Å². The van der Waals surface area contributed by atoms with Crippen molar-refractivity contribution in [2.24, 2.45) is 11.3 Å². The second kappa shape index (κ2) is 7.44. The standard InChI is InChI=1S/C21H30ClN3O2/c1-14-9-15(22)11-16(10-14)23-19(27)17-12-21(17)5-7-25(8-6-21)13-18(26)24-20(2,3)4/h9-11,17H,5-8,12-13H2,1-4H3,(H,23,27)(H,24,26). The van der Waals surface area contributed by atoms with Crippen molar-refractivity contribution in [2.75, 3.05) is 25.0 Å². The molecule has 6 heteroatoms. The van der Waals surface area contributed by atoms with Gasteiger partial charge in [-0.3, -0.25) is 14.5 Å². The van der Waals surface area contributed by atoms with Crippen LogP contribution >= 0.6 is 11.6 Å². The number of nitrogens with zero attached hydrogens (tertiary/aromatic N) is 1. The van der Waals surface area contributed by atoms with Gasteiger partial charge in [-0.1, -0.05) is 11.6 Å². The van der Waals surface area contributed by atoms with E-state index in [0.717, 1.165) is 43.6 Å². The molecule has 2 aliphatic rings. The Morgan fingerprint density at radius 3 is 2.48 bits per heavy atom. The monoisotopic (exact) mass is 391 g/mol. The number of carbonyl (C=O) groups excluding carboxylic acids is 2. The lowest BCUT2D eigenvalue weighted by molar-refractivity contribution is -0.124. The van der Waals surface area contributed by atoms with Crippen molar-refractivity contribution in [1.82, 2.24) is 10.2 Å². The van der Waals surface area contributed by atoms with Crippen molar-refractivity contribution in [1.29, 1.82) is 0 Å². The Balaban J connectivity index is 1.48. The summed E-state index contributed by atoms with van der Waals surface area (Å²) < 4.78 is 0. The maximum Gasteiger partial charge on any atom is 0.234 e. The molecule has 2 N–H and O–H groups in total. The number of hydrogen-bond donors (Lipinski definition) is 2. The number of carbonyl (C=O) groups is 2. The van der Waals surface area contributed by atoms with Crippen molar-refractivity contribution in [2.45, 2.75) is 52.5 Å². The van der Waals surface area contributed by atoms with Crippen LogP contribution in [0.2, 0.25) is 5.02 Å². The molecule has 1 heterocycles. The van der Waals surface area contributed by atoms with Gasteiger partial charge in [0.15, 0.2) is 0 Å². The summed E-state index contributed by atoms with van der Waals surface area (Å²) in [5.41, 5.74) is 1.72. The van der Waals surface area contributed by atoms with Crippen LogP contribution in [0.1, 0.15) is 45.6 Å². The Morgan fingerprint density at radius 2 is 1.89 bits per heavy atom. The second-order valence-electron chi connectivity index (χ2n) is 9.20. The molecule has 3 rings (SSSR count). The minimum atomic E-state index is -0.202. The third-order valence-corrected chi connectivity index (χ3v) is 5.77. The lowest BCUT2D eigenvalue weighted by Crippen LogP contribution is -2.47. The molecule has 1 atom stereocenters. The quantitative estimate of drug-likeness (QED) is 0.824. The Bertz CT molecular complexity index is 713. The molecule has 27 heavy (non-hydrogen) atoms. The Hall–Kier alpha value is -1.59. The number of hydrogen-bond acceptors (Lipinski definition) is 3. The zero-order chi connectivity index (χ0) is 19.8. The van der Waals surface area contributed by atoms with Crippen LogP contribution in [-0.4, -0.2) is 41.9 Å². The van der Waals surface area contributed by atoms with Crippen LogP contribution in [0.4, 0.5) is 5.69 Å². The normalized spacial score (nSPS) is 21.7. The highest BCUT2D eigenvalue weighted by atomic mass is 35.5. The minimum absolute atomic E-state index is 0.0693. The molecule has 0 aromatic heterocycles. The van der Waals surface area contributed by atoms with Crippen LogP contribution in [0, 0.1) is 18.3 Å². The average Bonchev–Trinajstić information content (AvgIpc) is 3.21. The molecular formula is C21H30ClN3O2. The van der Waals surface area contributed by atoms with Gasteiger partial charge in [-0.15, -0.1) is 0 Å². The van der Waals surface area contributed by atoms with Gasteiger partial charge in [-0.25, -0.2) is 0 Å². The van der Waals surface area contributed by atoms with E-state index in [4.69, 9.17) is 11.6 Å². The van der Waals surface area contributed by atoms with Gasteiger partial charge in [0.1, 0.15) is 0 Å². The largest absolute Gasteiger partial charge is 0.350 e. The number of likely N-dealkylation sites (tertiary alicyclic amines) is 1. The predicted molar refractivity (Wildman–Crippen MR) is 109 cm³/mol. The van der Waals surface area contributed by atoms with E-state index in [2.05, 4.69) is 15.5 Å². The minimum Gasteiger partial charge on any atom is -0.350 e. The van der Waals surface area contributed by atoms with E-state index in [9.17, 15) is 9.59 Å². The highest BCUT2D eigenvalue weighted by molar-refractivity contribution is 6.31. The lowest BCUT2D eigenvalue weighted by Gasteiger charge is -2.33. The van der Waals surface area contributed by atoms with Crippen LogP contribution in [-0.2, 0) is 9.59 Å². The summed E-state index contributed by atoms with van der Waals surface area (Å²) in [5.74, 6) is 0.234. The number of benzene rings is 1. The molecule has 1 aromatic carbocycles. The topological polar surface area (TPSA) is 61.4 Å². The number of amides is 2. The zero-order valence-electron chi connectivity index (χ0n) is 16.7. The first-order valence-corrected chi connectivity index (χ1v) is 10.1. The van der Waals surface area contributed by atoms with Crippen LogP contribution < -0.4 is 10.6 Å². The van der Waals surface area contributed by atoms with Crippen molar-refractivity contribution in [3.05, 3.63) is 28.8 Å². The fourth-order valence-electron chi connectivity index (χ4n) is 4.13. The molecule has 1 saturated heterocycles. The molecule has 1 saturated carbocycles. The number of nitrogens with one attached hydrogen (secondary N) is 2. The summed E-state index contributed by atoms with van der Waals surface area (Å²) in [6.45, 7) is 10.1. The van der Waals surface area contributed by atoms with E-state index in [1.54, 1.807) is 6.07 Å². The van der Waals surface area contributed by atoms with Crippen LogP contribution in [0.25, 0.3) is 0 Å². The molecule has 1 aromatic rings. The van der Waals surface area contributed by atoms with Crippen molar-refractivity contribution in [3.8, 4) is 0 Å². The number of aryl methyl sites for hydroxylation is 1. The summed E-state index contributed by atoms with van der Waals surface area (Å²) in [4.78, 5) is 27.0. The Labute approximate surface area is 166 Å². The lowest BCUT2D eigenvalue weighted by atomic mass is 9.90. The van der Waals surface area contributed by atoms with Gasteiger partial charge in [0.05, 0.1) is 6.54 Å². The molecule has 148 valence electrons. The first-order chi connectivity index (χ1) is 12.6. The first-order valence-electron chi connectivity index (χ1n) is 9.68. The van der Waals surface area contributed by atoms with E-state index in [0.29, 0.717) is 11.6 Å².